The van der Waals surface area contributed by atoms with Gasteiger partial charge in [-0.05, 0) is 34.6 Å². The third-order valence-electron chi connectivity index (χ3n) is 2.80. The molecule has 0 saturated carbocycles. The molecule has 0 aliphatic carbocycles. The van der Waals surface area contributed by atoms with Crippen LogP contribution < -0.4 is 10.1 Å². The van der Waals surface area contributed by atoms with Crippen molar-refractivity contribution < 1.29 is 9.13 Å². The minimum Gasteiger partial charge on any atom is -0.483 e. The summed E-state index contributed by atoms with van der Waals surface area (Å²) in [4.78, 5) is 0. The van der Waals surface area contributed by atoms with Crippen LogP contribution in [0.5, 0.6) is 5.75 Å². The molecule has 1 N–H and O–H groups in total. The first kappa shape index (κ1) is 15.3. The average molecular weight is 359 g/mol. The summed E-state index contributed by atoms with van der Waals surface area (Å²) in [5.41, 5.74) is 1.02. The van der Waals surface area contributed by atoms with E-state index in [1.165, 1.54) is 12.1 Å². The first-order valence-corrected chi connectivity index (χ1v) is 7.29. The molecule has 0 saturated heterocycles. The first-order chi connectivity index (χ1) is 9.61. The molecule has 0 fully saturated rings. The lowest BCUT2D eigenvalue weighted by molar-refractivity contribution is 0.203. The van der Waals surface area contributed by atoms with Gasteiger partial charge in [0.1, 0.15) is 17.7 Å². The maximum absolute atomic E-state index is 13.5. The molecule has 2 rings (SSSR count). The number of likely N-dealkylation sites (N-methyl/N-ethyl adjacent to an activating group) is 1. The van der Waals surface area contributed by atoms with Gasteiger partial charge >= 0.3 is 0 Å². The molecule has 2 aromatic rings. The van der Waals surface area contributed by atoms with Gasteiger partial charge in [-0.2, -0.15) is 0 Å². The van der Waals surface area contributed by atoms with Crippen LogP contribution >= 0.6 is 27.5 Å². The van der Waals surface area contributed by atoms with Crippen LogP contribution in [-0.4, -0.2) is 13.6 Å². The van der Waals surface area contributed by atoms with Gasteiger partial charge in [0.25, 0.3) is 0 Å². The second kappa shape index (κ2) is 7.07. The number of hydrogen-bond acceptors (Lipinski definition) is 2. The van der Waals surface area contributed by atoms with E-state index < -0.39 is 5.82 Å². The normalized spacial score (nSPS) is 12.2. The second-order valence-electron chi connectivity index (χ2n) is 4.27. The van der Waals surface area contributed by atoms with Gasteiger partial charge < -0.3 is 10.1 Å². The van der Waals surface area contributed by atoms with E-state index in [0.29, 0.717) is 16.8 Å². The zero-order chi connectivity index (χ0) is 14.5. The average Bonchev–Trinajstić information content (AvgIpc) is 2.45. The molecule has 5 heteroatoms. The van der Waals surface area contributed by atoms with E-state index in [0.717, 1.165) is 5.56 Å². The molecule has 1 atom stereocenters. The number of ether oxygens (including phenoxy) is 1. The molecule has 1 unspecified atom stereocenters. The summed E-state index contributed by atoms with van der Waals surface area (Å²) in [6.45, 7) is 0.612. The predicted molar refractivity (Wildman–Crippen MR) is 82.8 cm³/mol. The molecule has 0 amide bonds. The van der Waals surface area contributed by atoms with Gasteiger partial charge in [0, 0.05) is 12.6 Å². The summed E-state index contributed by atoms with van der Waals surface area (Å²) in [6.07, 6.45) is -0.210. The minimum absolute atomic E-state index is 0.0640. The summed E-state index contributed by atoms with van der Waals surface area (Å²) >= 11 is 9.06. The molecular formula is C15H14BrClFNO. The molecule has 20 heavy (non-hydrogen) atoms. The van der Waals surface area contributed by atoms with Crippen LogP contribution in [0.25, 0.3) is 0 Å². The highest BCUT2D eigenvalue weighted by Gasteiger charge is 2.15. The van der Waals surface area contributed by atoms with Crippen LogP contribution in [0.2, 0.25) is 5.02 Å². The Labute approximate surface area is 131 Å². The highest BCUT2D eigenvalue weighted by atomic mass is 79.9. The molecular weight excluding hydrogens is 345 g/mol. The summed E-state index contributed by atoms with van der Waals surface area (Å²) in [7, 11) is 1.84. The molecule has 0 radical (unpaired) electrons. The Kier molecular flexibility index (Phi) is 5.40. The van der Waals surface area contributed by atoms with Gasteiger partial charge in [-0.25, -0.2) is 4.39 Å². The van der Waals surface area contributed by atoms with E-state index in [2.05, 4.69) is 21.2 Å². The van der Waals surface area contributed by atoms with E-state index in [4.69, 9.17) is 16.3 Å². The van der Waals surface area contributed by atoms with E-state index >= 15 is 0 Å². The number of rotatable bonds is 5. The van der Waals surface area contributed by atoms with Crippen molar-refractivity contribution in [2.45, 2.75) is 6.10 Å². The van der Waals surface area contributed by atoms with E-state index in [-0.39, 0.29) is 11.1 Å². The third-order valence-corrected chi connectivity index (χ3v) is 3.71. The van der Waals surface area contributed by atoms with Crippen LogP contribution in [0.1, 0.15) is 11.7 Å². The zero-order valence-corrected chi connectivity index (χ0v) is 13.2. The standard InChI is InChI=1S/C15H14BrClFNO/c1-19-9-15(10-5-3-2-4-6-10)20-14-8-13(18)12(17)7-11(14)16/h2-8,15,19H,9H2,1H3. The third kappa shape index (κ3) is 3.72. The van der Waals surface area contributed by atoms with Crippen molar-refractivity contribution in [3.8, 4) is 5.75 Å². The fraction of sp³-hybridized carbons (Fsp3) is 0.200. The molecule has 0 aliphatic heterocycles. The van der Waals surface area contributed by atoms with Crippen molar-refractivity contribution in [2.75, 3.05) is 13.6 Å². The van der Waals surface area contributed by atoms with Crippen LogP contribution in [0.3, 0.4) is 0 Å². The summed E-state index contributed by atoms with van der Waals surface area (Å²) in [6, 6.07) is 12.6. The van der Waals surface area contributed by atoms with Crippen LogP contribution in [0.4, 0.5) is 4.39 Å². The minimum atomic E-state index is -0.499. The van der Waals surface area contributed by atoms with Crippen molar-refractivity contribution in [1.29, 1.82) is 0 Å². The molecule has 0 aromatic heterocycles. The maximum atomic E-state index is 13.5. The topological polar surface area (TPSA) is 21.3 Å². The van der Waals surface area contributed by atoms with Crippen LogP contribution in [-0.2, 0) is 0 Å². The summed E-state index contributed by atoms with van der Waals surface area (Å²) in [5.74, 6) is -0.0721. The Bertz CT molecular complexity index is 580. The van der Waals surface area contributed by atoms with Gasteiger partial charge in [-0.15, -0.1) is 0 Å². The monoisotopic (exact) mass is 357 g/mol. The Morgan fingerprint density at radius 2 is 2.00 bits per heavy atom. The lowest BCUT2D eigenvalue weighted by atomic mass is 10.1. The predicted octanol–water partition coefficient (Wildman–Crippen LogP) is 4.58. The summed E-state index contributed by atoms with van der Waals surface area (Å²) in [5, 5.41) is 3.14. The summed E-state index contributed by atoms with van der Waals surface area (Å²) < 4.78 is 20.1. The highest BCUT2D eigenvalue weighted by Crippen LogP contribution is 2.33. The van der Waals surface area contributed by atoms with Gasteiger partial charge in [0.2, 0.25) is 0 Å². The van der Waals surface area contributed by atoms with Crippen molar-refractivity contribution >= 4 is 27.5 Å². The quantitative estimate of drug-likeness (QED) is 0.790. The molecule has 2 nitrogen and oxygen atoms in total. The second-order valence-corrected chi connectivity index (χ2v) is 5.53. The lowest BCUT2D eigenvalue weighted by Gasteiger charge is -2.20. The zero-order valence-electron chi connectivity index (χ0n) is 10.9. The van der Waals surface area contributed by atoms with Crippen molar-refractivity contribution in [3.05, 3.63) is 63.3 Å². The Hall–Kier alpha value is -1.10. The van der Waals surface area contributed by atoms with Crippen LogP contribution in [0.15, 0.2) is 46.9 Å². The van der Waals surface area contributed by atoms with Crippen molar-refractivity contribution in [3.63, 3.8) is 0 Å². The molecule has 0 bridgehead atoms. The van der Waals surface area contributed by atoms with E-state index in [1.54, 1.807) is 0 Å². The Balaban J connectivity index is 2.27. The van der Waals surface area contributed by atoms with Gasteiger partial charge in [0.05, 0.1) is 9.50 Å². The Morgan fingerprint density at radius 1 is 1.30 bits per heavy atom. The van der Waals surface area contributed by atoms with Crippen LogP contribution in [0, 0.1) is 5.82 Å². The molecule has 106 valence electrons. The highest BCUT2D eigenvalue weighted by molar-refractivity contribution is 9.10. The van der Waals surface area contributed by atoms with Crippen molar-refractivity contribution in [1.82, 2.24) is 5.32 Å². The smallest absolute Gasteiger partial charge is 0.145 e. The maximum Gasteiger partial charge on any atom is 0.145 e. The molecule has 2 aromatic carbocycles. The Morgan fingerprint density at radius 3 is 2.65 bits per heavy atom. The fourth-order valence-electron chi connectivity index (χ4n) is 1.83. The fourth-order valence-corrected chi connectivity index (χ4v) is 2.56. The lowest BCUT2D eigenvalue weighted by Crippen LogP contribution is -2.22. The first-order valence-electron chi connectivity index (χ1n) is 6.12. The molecule has 0 aliphatic rings. The van der Waals surface area contributed by atoms with E-state index in [1.807, 2.05) is 37.4 Å². The number of nitrogens with one attached hydrogen (secondary N) is 1. The van der Waals surface area contributed by atoms with Gasteiger partial charge in [-0.3, -0.25) is 0 Å². The number of benzene rings is 2. The number of hydrogen-bond donors (Lipinski definition) is 1. The molecule has 0 spiro atoms. The van der Waals surface area contributed by atoms with Crippen molar-refractivity contribution in [2.24, 2.45) is 0 Å². The van der Waals surface area contributed by atoms with Gasteiger partial charge in [-0.1, -0.05) is 41.9 Å². The van der Waals surface area contributed by atoms with Gasteiger partial charge in [0.15, 0.2) is 0 Å². The molecule has 0 heterocycles. The van der Waals surface area contributed by atoms with E-state index in [9.17, 15) is 4.39 Å². The largest absolute Gasteiger partial charge is 0.483 e. The SMILES string of the molecule is CNCC(Oc1cc(F)c(Cl)cc1Br)c1ccccc1. The number of halogens is 3.